The van der Waals surface area contributed by atoms with Crippen molar-refractivity contribution in [2.45, 2.75) is 38.7 Å². The summed E-state index contributed by atoms with van der Waals surface area (Å²) in [6.07, 6.45) is -0.140. The van der Waals surface area contributed by atoms with Crippen LogP contribution in [0.1, 0.15) is 49.2 Å². The molecule has 0 aliphatic carbocycles. The van der Waals surface area contributed by atoms with Crippen LogP contribution in [0.4, 0.5) is 5.69 Å². The second kappa shape index (κ2) is 11.1. The Morgan fingerprint density at radius 1 is 1.24 bits per heavy atom. The number of non-ortho nitro benzene ring substituents is 1. The number of nitro benzene ring substituents is 1. The number of benzene rings is 1. The van der Waals surface area contributed by atoms with Crippen LogP contribution in [0.15, 0.2) is 64.3 Å². The number of nitrogens with one attached hydrogen (secondary N) is 1. The number of aliphatic hydroxyl groups is 1. The molecular formula is C24H26N2O7S. The molecule has 0 fully saturated rings. The third-order valence-corrected chi connectivity index (χ3v) is 6.47. The van der Waals surface area contributed by atoms with Crippen LogP contribution in [0, 0.1) is 10.1 Å². The van der Waals surface area contributed by atoms with Gasteiger partial charge in [0.15, 0.2) is 0 Å². The van der Waals surface area contributed by atoms with Crippen LogP contribution in [0.5, 0.6) is 0 Å². The fourth-order valence-corrected chi connectivity index (χ4v) is 4.73. The first-order valence-electron chi connectivity index (χ1n) is 10.7. The lowest BCUT2D eigenvalue weighted by molar-refractivity contribution is -0.384. The maximum atomic E-state index is 13.2. The summed E-state index contributed by atoms with van der Waals surface area (Å²) in [5.41, 5.74) is 1.47. The molecule has 1 aromatic heterocycles. The number of rotatable bonds is 9. The summed E-state index contributed by atoms with van der Waals surface area (Å²) in [6, 6.07) is 9.48. The molecule has 0 amide bonds. The second-order valence-electron chi connectivity index (χ2n) is 7.62. The average Bonchev–Trinajstić information content (AvgIpc) is 3.37. The van der Waals surface area contributed by atoms with Gasteiger partial charge in [0.05, 0.1) is 41.8 Å². The van der Waals surface area contributed by atoms with Gasteiger partial charge in [0.1, 0.15) is 0 Å². The number of nitrogens with zero attached hydrogens (tertiary/aromatic N) is 1. The summed E-state index contributed by atoms with van der Waals surface area (Å²) in [5.74, 6) is -2.26. The van der Waals surface area contributed by atoms with Crippen molar-refractivity contribution >= 4 is 29.0 Å². The van der Waals surface area contributed by atoms with E-state index < -0.39 is 28.9 Å². The van der Waals surface area contributed by atoms with Crippen molar-refractivity contribution in [2.24, 2.45) is 0 Å². The van der Waals surface area contributed by atoms with Crippen LogP contribution in [0.25, 0.3) is 0 Å². The molecule has 3 rings (SSSR count). The molecule has 1 aliphatic rings. The highest BCUT2D eigenvalue weighted by Crippen LogP contribution is 2.41. The highest BCUT2D eigenvalue weighted by atomic mass is 32.1. The number of ether oxygens (including phenoxy) is 2. The number of methoxy groups -OCH3 is 1. The van der Waals surface area contributed by atoms with Crippen LogP contribution in [0.2, 0.25) is 0 Å². The largest absolute Gasteiger partial charge is 0.466 e. The number of thiophene rings is 1. The van der Waals surface area contributed by atoms with E-state index >= 15 is 0 Å². The number of carbonyl (C=O) groups is 2. The fraction of sp³-hybridized carbons (Fsp3) is 0.333. The quantitative estimate of drug-likeness (QED) is 0.308. The van der Waals surface area contributed by atoms with Crippen molar-refractivity contribution < 1.29 is 29.1 Å². The summed E-state index contributed by atoms with van der Waals surface area (Å²) in [5, 5.41) is 27.0. The number of allylic oxidation sites excluding steroid dienone is 2. The fourth-order valence-electron chi connectivity index (χ4n) is 3.98. The summed E-state index contributed by atoms with van der Waals surface area (Å²) in [4.78, 5) is 37.6. The zero-order valence-electron chi connectivity index (χ0n) is 19.1. The van der Waals surface area contributed by atoms with Crippen molar-refractivity contribution in [1.29, 1.82) is 0 Å². The van der Waals surface area contributed by atoms with Gasteiger partial charge in [0.25, 0.3) is 5.69 Å². The van der Waals surface area contributed by atoms with E-state index in [1.165, 1.54) is 36.6 Å². The standard InChI is InChI=1S/C24H26N2O7S/c1-4-33-24(29)22-17(10-11-18(27)19-9-6-12-34-19)25-14(2)20(23(28)32-3)21(22)15-7-5-8-16(13-15)26(30)31/h5-9,12-13,18,21,25,27H,4,10-11H2,1-3H3. The molecule has 2 unspecified atom stereocenters. The molecule has 0 saturated heterocycles. The van der Waals surface area contributed by atoms with Crippen molar-refractivity contribution in [2.75, 3.05) is 13.7 Å². The van der Waals surface area contributed by atoms with E-state index in [2.05, 4.69) is 5.32 Å². The monoisotopic (exact) mass is 486 g/mol. The van der Waals surface area contributed by atoms with Crippen LogP contribution < -0.4 is 5.32 Å². The number of esters is 2. The van der Waals surface area contributed by atoms with E-state index in [1.54, 1.807) is 19.9 Å². The third kappa shape index (κ3) is 5.35. The van der Waals surface area contributed by atoms with Crippen LogP contribution in [0.3, 0.4) is 0 Å². The maximum absolute atomic E-state index is 13.2. The molecule has 9 nitrogen and oxygen atoms in total. The predicted octanol–water partition coefficient (Wildman–Crippen LogP) is 4.12. The molecule has 2 atom stereocenters. The highest BCUT2D eigenvalue weighted by Gasteiger charge is 2.39. The maximum Gasteiger partial charge on any atom is 0.336 e. The number of hydrogen-bond donors (Lipinski definition) is 2. The van der Waals surface area contributed by atoms with E-state index in [-0.39, 0.29) is 29.9 Å². The summed E-state index contributed by atoms with van der Waals surface area (Å²) in [6.45, 7) is 3.44. The molecule has 1 aromatic carbocycles. The number of nitro groups is 1. The molecule has 1 aliphatic heterocycles. The molecule has 2 heterocycles. The predicted molar refractivity (Wildman–Crippen MR) is 126 cm³/mol. The van der Waals surface area contributed by atoms with Crippen molar-refractivity contribution in [3.8, 4) is 0 Å². The van der Waals surface area contributed by atoms with Gasteiger partial charge in [0, 0.05) is 28.4 Å². The van der Waals surface area contributed by atoms with Gasteiger partial charge < -0.3 is 19.9 Å². The SMILES string of the molecule is CCOC(=O)C1=C(CCC(O)c2cccs2)NC(C)=C(C(=O)OC)C1c1cccc([N+](=O)[O-])c1. The Morgan fingerprint density at radius 3 is 2.62 bits per heavy atom. The van der Waals surface area contributed by atoms with Crippen molar-refractivity contribution in [1.82, 2.24) is 5.32 Å². The van der Waals surface area contributed by atoms with Gasteiger partial charge in [-0.1, -0.05) is 18.2 Å². The lowest BCUT2D eigenvalue weighted by Crippen LogP contribution is -2.33. The van der Waals surface area contributed by atoms with Gasteiger partial charge >= 0.3 is 11.9 Å². The van der Waals surface area contributed by atoms with E-state index in [1.807, 2.05) is 17.5 Å². The summed E-state index contributed by atoms with van der Waals surface area (Å²) < 4.78 is 10.3. The average molecular weight is 487 g/mol. The molecule has 0 bridgehead atoms. The molecule has 10 heteroatoms. The Labute approximate surface area is 200 Å². The number of carbonyl (C=O) groups excluding carboxylic acids is 2. The lowest BCUT2D eigenvalue weighted by Gasteiger charge is -2.31. The molecular weight excluding hydrogens is 460 g/mol. The molecule has 34 heavy (non-hydrogen) atoms. The van der Waals surface area contributed by atoms with E-state index in [0.717, 1.165) is 4.88 Å². The van der Waals surface area contributed by atoms with E-state index in [9.17, 15) is 24.8 Å². The van der Waals surface area contributed by atoms with Gasteiger partial charge in [-0.05, 0) is 43.7 Å². The highest BCUT2D eigenvalue weighted by molar-refractivity contribution is 7.10. The Morgan fingerprint density at radius 2 is 2.00 bits per heavy atom. The summed E-state index contributed by atoms with van der Waals surface area (Å²) >= 11 is 1.43. The smallest absolute Gasteiger partial charge is 0.336 e. The van der Waals surface area contributed by atoms with Crippen LogP contribution in [-0.4, -0.2) is 35.7 Å². The molecule has 2 N–H and O–H groups in total. The second-order valence-corrected chi connectivity index (χ2v) is 8.60. The van der Waals surface area contributed by atoms with Gasteiger partial charge in [-0.25, -0.2) is 9.59 Å². The van der Waals surface area contributed by atoms with E-state index in [4.69, 9.17) is 9.47 Å². The minimum Gasteiger partial charge on any atom is -0.466 e. The topological polar surface area (TPSA) is 128 Å². The normalized spacial score (nSPS) is 16.6. The van der Waals surface area contributed by atoms with Crippen molar-refractivity contribution in [3.63, 3.8) is 0 Å². The Hall–Kier alpha value is -3.50. The Bertz CT molecular complexity index is 1140. The van der Waals surface area contributed by atoms with Gasteiger partial charge in [0.2, 0.25) is 0 Å². The molecule has 0 spiro atoms. The van der Waals surface area contributed by atoms with Gasteiger partial charge in [-0.3, -0.25) is 10.1 Å². The Balaban J connectivity index is 2.13. The zero-order chi connectivity index (χ0) is 24.8. The van der Waals surface area contributed by atoms with Gasteiger partial charge in [-0.2, -0.15) is 0 Å². The van der Waals surface area contributed by atoms with Gasteiger partial charge in [-0.15, -0.1) is 11.3 Å². The summed E-state index contributed by atoms with van der Waals surface area (Å²) in [7, 11) is 1.23. The van der Waals surface area contributed by atoms with Crippen LogP contribution >= 0.6 is 11.3 Å². The number of dihydropyridines is 1. The lowest BCUT2D eigenvalue weighted by atomic mass is 9.79. The minimum absolute atomic E-state index is 0.103. The van der Waals surface area contributed by atoms with E-state index in [0.29, 0.717) is 23.4 Å². The first-order valence-corrected chi connectivity index (χ1v) is 11.6. The first kappa shape index (κ1) is 25.1. The van der Waals surface area contributed by atoms with Crippen LogP contribution in [-0.2, 0) is 19.1 Å². The number of hydrogen-bond acceptors (Lipinski definition) is 9. The third-order valence-electron chi connectivity index (χ3n) is 5.50. The molecule has 0 saturated carbocycles. The molecule has 180 valence electrons. The number of aliphatic hydroxyl groups excluding tert-OH is 1. The Kier molecular flexibility index (Phi) is 8.19. The van der Waals surface area contributed by atoms with Crippen molar-refractivity contribution in [3.05, 3.63) is 84.9 Å². The molecule has 0 radical (unpaired) electrons. The molecule has 2 aromatic rings. The zero-order valence-corrected chi connectivity index (χ0v) is 19.9. The first-order chi connectivity index (χ1) is 16.3. The minimum atomic E-state index is -0.943.